The second-order valence-electron chi connectivity index (χ2n) is 11.0. The summed E-state index contributed by atoms with van der Waals surface area (Å²) in [4.78, 5) is 42.9. The van der Waals surface area contributed by atoms with Crippen molar-refractivity contribution in [3.05, 3.63) is 77.4 Å². The number of nitrogens with zero attached hydrogens (tertiary/aromatic N) is 2. The van der Waals surface area contributed by atoms with Crippen molar-refractivity contribution in [2.75, 3.05) is 18.0 Å². The predicted molar refractivity (Wildman–Crippen MR) is 136 cm³/mol. The van der Waals surface area contributed by atoms with E-state index in [0.717, 1.165) is 11.1 Å². The van der Waals surface area contributed by atoms with E-state index in [1.54, 1.807) is 17.0 Å². The van der Waals surface area contributed by atoms with Crippen molar-refractivity contribution in [3.63, 3.8) is 0 Å². The van der Waals surface area contributed by atoms with E-state index in [1.807, 2.05) is 69.3 Å². The number of amides is 3. The first kappa shape index (κ1) is 23.7. The molecule has 0 atom stereocenters. The molecule has 3 amide bonds. The lowest BCUT2D eigenvalue weighted by atomic mass is 9.87. The molecule has 1 heterocycles. The molecule has 4 rings (SSSR count). The fourth-order valence-corrected chi connectivity index (χ4v) is 4.38. The van der Waals surface area contributed by atoms with Crippen molar-refractivity contribution >= 4 is 34.2 Å². The van der Waals surface area contributed by atoms with E-state index in [-0.39, 0.29) is 36.2 Å². The van der Waals surface area contributed by atoms with Gasteiger partial charge in [0.1, 0.15) is 0 Å². The first-order valence-corrected chi connectivity index (χ1v) is 11.7. The summed E-state index contributed by atoms with van der Waals surface area (Å²) in [7, 11) is 0. The number of hydrogen-bond donors (Lipinski definition) is 0. The fourth-order valence-electron chi connectivity index (χ4n) is 4.38. The van der Waals surface area contributed by atoms with E-state index < -0.39 is 5.41 Å². The number of imide groups is 1. The maximum absolute atomic E-state index is 13.4. The molecule has 5 nitrogen and oxygen atoms in total. The van der Waals surface area contributed by atoms with Crippen molar-refractivity contribution in [3.8, 4) is 0 Å². The van der Waals surface area contributed by atoms with Gasteiger partial charge < -0.3 is 4.90 Å². The Morgan fingerprint density at radius 2 is 1.32 bits per heavy atom. The summed E-state index contributed by atoms with van der Waals surface area (Å²) in [5.74, 6) is -0.698. The number of carbonyl (C=O) groups excluding carboxylic acids is 3. The van der Waals surface area contributed by atoms with E-state index in [4.69, 9.17) is 0 Å². The largest absolute Gasteiger partial charge is 0.310 e. The van der Waals surface area contributed by atoms with E-state index >= 15 is 0 Å². The van der Waals surface area contributed by atoms with Gasteiger partial charge >= 0.3 is 0 Å². The highest BCUT2D eigenvalue weighted by atomic mass is 16.2. The van der Waals surface area contributed by atoms with Gasteiger partial charge in [-0.1, -0.05) is 77.9 Å². The highest BCUT2D eigenvalue weighted by Crippen LogP contribution is 2.31. The van der Waals surface area contributed by atoms with Crippen LogP contribution in [0.3, 0.4) is 0 Å². The van der Waals surface area contributed by atoms with Crippen LogP contribution in [0.5, 0.6) is 0 Å². The second kappa shape index (κ2) is 8.39. The van der Waals surface area contributed by atoms with Crippen molar-refractivity contribution in [1.29, 1.82) is 0 Å². The van der Waals surface area contributed by atoms with Gasteiger partial charge in [0, 0.05) is 40.7 Å². The summed E-state index contributed by atoms with van der Waals surface area (Å²) < 4.78 is 0. The van der Waals surface area contributed by atoms with Gasteiger partial charge in [-0.05, 0) is 40.6 Å². The minimum Gasteiger partial charge on any atom is -0.310 e. The molecule has 0 saturated heterocycles. The Hall–Kier alpha value is -3.47. The quantitative estimate of drug-likeness (QED) is 0.465. The molecule has 1 aliphatic heterocycles. The summed E-state index contributed by atoms with van der Waals surface area (Å²) in [5, 5.41) is 1.58. The van der Waals surface area contributed by atoms with Crippen LogP contribution in [0, 0.1) is 5.41 Å². The van der Waals surface area contributed by atoms with Gasteiger partial charge in [-0.3, -0.25) is 19.3 Å². The van der Waals surface area contributed by atoms with Crippen LogP contribution in [0.2, 0.25) is 0 Å². The Labute approximate surface area is 201 Å². The number of hydrogen-bond acceptors (Lipinski definition) is 3. The van der Waals surface area contributed by atoms with Crippen molar-refractivity contribution in [1.82, 2.24) is 4.90 Å². The van der Waals surface area contributed by atoms with E-state index in [0.29, 0.717) is 16.5 Å². The van der Waals surface area contributed by atoms with Crippen LogP contribution in [0.4, 0.5) is 5.69 Å². The van der Waals surface area contributed by atoms with Crippen LogP contribution in [0.25, 0.3) is 10.8 Å². The molecule has 1 aliphatic rings. The topological polar surface area (TPSA) is 57.7 Å². The highest BCUT2D eigenvalue weighted by molar-refractivity contribution is 6.25. The molecule has 0 aromatic heterocycles. The van der Waals surface area contributed by atoms with Crippen molar-refractivity contribution < 1.29 is 14.4 Å². The molecule has 0 spiro atoms. The number of carbonyl (C=O) groups is 3. The molecule has 0 fully saturated rings. The van der Waals surface area contributed by atoms with Gasteiger partial charge in [0.2, 0.25) is 5.91 Å². The zero-order valence-electron chi connectivity index (χ0n) is 20.8. The molecule has 0 saturated carbocycles. The predicted octanol–water partition coefficient (Wildman–Crippen LogP) is 5.81. The average molecular weight is 457 g/mol. The minimum atomic E-state index is -0.614. The van der Waals surface area contributed by atoms with Crippen LogP contribution < -0.4 is 4.90 Å². The molecule has 3 aromatic carbocycles. The lowest BCUT2D eigenvalue weighted by Gasteiger charge is -2.33. The average Bonchev–Trinajstić information content (AvgIpc) is 2.78. The third-order valence-electron chi connectivity index (χ3n) is 6.33. The Bertz CT molecular complexity index is 1230. The zero-order chi connectivity index (χ0) is 24.8. The van der Waals surface area contributed by atoms with E-state index in [9.17, 15) is 14.4 Å². The molecule has 0 unspecified atom stereocenters. The van der Waals surface area contributed by atoms with Crippen LogP contribution in [0.1, 0.15) is 67.8 Å². The SMILES string of the molecule is CC(C)(C)C(=O)N(CCN1C(=O)c2cccc3cccc(c23)C1=O)c1ccc(C(C)(C)C)cc1. The van der Waals surface area contributed by atoms with Gasteiger partial charge in [0.15, 0.2) is 0 Å². The smallest absolute Gasteiger partial charge is 0.261 e. The summed E-state index contributed by atoms with van der Waals surface area (Å²) in [6, 6.07) is 19.0. The molecule has 0 aliphatic carbocycles. The normalized spacial score (nSPS) is 14.0. The molecule has 0 bridgehead atoms. The Kier molecular flexibility index (Phi) is 5.84. The highest BCUT2D eigenvalue weighted by Gasteiger charge is 2.34. The standard InChI is InChI=1S/C29H32N2O3/c1-28(2,3)20-13-15-21(16-14-20)30(27(34)29(4,5)6)17-18-31-25(32)22-11-7-9-19-10-8-12-23(24(19)22)26(31)33/h7-16H,17-18H2,1-6H3. The van der Waals surface area contributed by atoms with Crippen LogP contribution >= 0.6 is 0 Å². The number of rotatable bonds is 4. The van der Waals surface area contributed by atoms with Gasteiger partial charge in [0.05, 0.1) is 0 Å². The monoisotopic (exact) mass is 456 g/mol. The molecular weight excluding hydrogens is 424 g/mol. The summed E-state index contributed by atoms with van der Waals surface area (Å²) in [5.41, 5.74) is 2.36. The lowest BCUT2D eigenvalue weighted by Crippen LogP contribution is -2.48. The van der Waals surface area contributed by atoms with Crippen LogP contribution in [0.15, 0.2) is 60.7 Å². The summed E-state index contributed by atoms with van der Waals surface area (Å²) in [6.45, 7) is 12.4. The summed E-state index contributed by atoms with van der Waals surface area (Å²) >= 11 is 0. The van der Waals surface area contributed by atoms with Gasteiger partial charge in [-0.2, -0.15) is 0 Å². The summed E-state index contributed by atoms with van der Waals surface area (Å²) in [6.07, 6.45) is 0. The number of benzene rings is 3. The third-order valence-corrected chi connectivity index (χ3v) is 6.33. The molecule has 176 valence electrons. The first-order valence-electron chi connectivity index (χ1n) is 11.7. The maximum atomic E-state index is 13.4. The fraction of sp³-hybridized carbons (Fsp3) is 0.345. The van der Waals surface area contributed by atoms with E-state index in [2.05, 4.69) is 20.8 Å². The zero-order valence-corrected chi connectivity index (χ0v) is 20.8. The molecule has 0 N–H and O–H groups in total. The maximum Gasteiger partial charge on any atom is 0.261 e. The van der Waals surface area contributed by atoms with Crippen molar-refractivity contribution in [2.45, 2.75) is 47.0 Å². The Balaban J connectivity index is 1.65. The van der Waals surface area contributed by atoms with Gasteiger partial charge in [0.25, 0.3) is 11.8 Å². The minimum absolute atomic E-state index is 0.00154. The van der Waals surface area contributed by atoms with Gasteiger partial charge in [-0.15, -0.1) is 0 Å². The van der Waals surface area contributed by atoms with Gasteiger partial charge in [-0.25, -0.2) is 0 Å². The number of anilines is 1. The van der Waals surface area contributed by atoms with Crippen molar-refractivity contribution in [2.24, 2.45) is 5.41 Å². The van der Waals surface area contributed by atoms with Crippen LogP contribution in [-0.2, 0) is 10.2 Å². The first-order chi connectivity index (χ1) is 15.9. The van der Waals surface area contributed by atoms with Crippen LogP contribution in [-0.4, -0.2) is 35.7 Å². The van der Waals surface area contributed by atoms with E-state index in [1.165, 1.54) is 10.5 Å². The molecule has 3 aromatic rings. The Morgan fingerprint density at radius 1 is 0.794 bits per heavy atom. The molecule has 5 heteroatoms. The third kappa shape index (κ3) is 4.23. The lowest BCUT2D eigenvalue weighted by molar-refractivity contribution is -0.125. The molecule has 0 radical (unpaired) electrons. The second-order valence-corrected chi connectivity index (χ2v) is 11.0. The molecule has 34 heavy (non-hydrogen) atoms. The molecular formula is C29H32N2O3. The Morgan fingerprint density at radius 3 is 1.79 bits per heavy atom.